The second-order valence-electron chi connectivity index (χ2n) is 5.53. The minimum atomic E-state index is -0.0473. The average molecular weight is 308 g/mol. The molecule has 0 spiro atoms. The summed E-state index contributed by atoms with van der Waals surface area (Å²) in [6, 6.07) is 8.06. The summed E-state index contributed by atoms with van der Waals surface area (Å²) in [7, 11) is 0. The minimum absolute atomic E-state index is 0.0473. The maximum Gasteiger partial charge on any atom is 0.322 e. The van der Waals surface area contributed by atoms with Crippen LogP contribution in [0.1, 0.15) is 19.4 Å². The molecule has 4 nitrogen and oxygen atoms in total. The molecular weight excluding hydrogens is 284 g/mol. The molecule has 1 fully saturated rings. The number of anilines is 1. The van der Waals surface area contributed by atoms with Crippen molar-refractivity contribution in [3.63, 3.8) is 0 Å². The predicted octanol–water partition coefficient (Wildman–Crippen LogP) is 3.23. The Bertz CT molecular complexity index is 454. The summed E-state index contributed by atoms with van der Waals surface area (Å²) in [6.45, 7) is 5.27. The van der Waals surface area contributed by atoms with E-state index in [0.29, 0.717) is 13.1 Å². The van der Waals surface area contributed by atoms with Crippen LogP contribution < -0.4 is 5.32 Å². The molecular formula is C16H24N2O2S. The lowest BCUT2D eigenvalue weighted by Crippen LogP contribution is -2.49. The van der Waals surface area contributed by atoms with E-state index in [0.717, 1.165) is 17.9 Å². The molecule has 2 unspecified atom stereocenters. The molecule has 1 aliphatic heterocycles. The number of benzene rings is 1. The first-order chi connectivity index (χ1) is 10.1. The third-order valence-electron chi connectivity index (χ3n) is 3.51. The highest BCUT2D eigenvalue weighted by atomic mass is 32.2. The van der Waals surface area contributed by atoms with Gasteiger partial charge < -0.3 is 15.0 Å². The summed E-state index contributed by atoms with van der Waals surface area (Å²) in [4.78, 5) is 14.1. The van der Waals surface area contributed by atoms with Gasteiger partial charge in [0.2, 0.25) is 0 Å². The van der Waals surface area contributed by atoms with Crippen molar-refractivity contribution in [3.05, 3.63) is 29.8 Å². The molecule has 1 aromatic rings. The number of nitrogens with zero attached hydrogens (tertiary/aromatic N) is 1. The summed E-state index contributed by atoms with van der Waals surface area (Å²) < 4.78 is 5.65. The topological polar surface area (TPSA) is 41.6 Å². The van der Waals surface area contributed by atoms with E-state index in [-0.39, 0.29) is 18.2 Å². The monoisotopic (exact) mass is 308 g/mol. The number of aryl methyl sites for hydroxylation is 1. The van der Waals surface area contributed by atoms with Gasteiger partial charge in [-0.15, -0.1) is 0 Å². The highest BCUT2D eigenvalue weighted by Crippen LogP contribution is 2.15. The first-order valence-electron chi connectivity index (χ1n) is 7.37. The lowest BCUT2D eigenvalue weighted by atomic mass is 10.1. The van der Waals surface area contributed by atoms with Crippen molar-refractivity contribution in [3.8, 4) is 0 Å². The van der Waals surface area contributed by atoms with Gasteiger partial charge in [0.05, 0.1) is 12.2 Å². The van der Waals surface area contributed by atoms with Crippen molar-refractivity contribution in [2.24, 2.45) is 0 Å². The fraction of sp³-hybridized carbons (Fsp3) is 0.562. The number of morpholine rings is 1. The van der Waals surface area contributed by atoms with Crippen molar-refractivity contribution in [2.45, 2.75) is 32.5 Å². The Balaban J connectivity index is 1.90. The lowest BCUT2D eigenvalue weighted by Gasteiger charge is -2.35. The van der Waals surface area contributed by atoms with Crippen LogP contribution in [-0.4, -0.2) is 48.2 Å². The Labute approximate surface area is 131 Å². The molecule has 1 N–H and O–H groups in total. The zero-order valence-electron chi connectivity index (χ0n) is 13.0. The number of urea groups is 1. The summed E-state index contributed by atoms with van der Waals surface area (Å²) >= 11 is 1.84. The number of ether oxygens (including phenoxy) is 1. The van der Waals surface area contributed by atoms with Crippen LogP contribution in [0, 0.1) is 0 Å². The Hall–Kier alpha value is -1.20. The first-order valence-corrected chi connectivity index (χ1v) is 8.77. The van der Waals surface area contributed by atoms with Gasteiger partial charge in [-0.05, 0) is 50.0 Å². The van der Waals surface area contributed by atoms with E-state index in [4.69, 9.17) is 4.74 Å². The largest absolute Gasteiger partial charge is 0.372 e. The standard InChI is InChI=1S/C16H24N2O2S/c1-12-10-18(11-13(2)20-12)16(19)17-15-6-4-14(5-7-15)8-9-21-3/h4-7,12-13H,8-11H2,1-3H3,(H,17,19). The van der Waals surface area contributed by atoms with Gasteiger partial charge >= 0.3 is 6.03 Å². The molecule has 0 saturated carbocycles. The summed E-state index contributed by atoms with van der Waals surface area (Å²) in [5, 5.41) is 2.96. The van der Waals surface area contributed by atoms with Gasteiger partial charge in [0.25, 0.3) is 0 Å². The summed E-state index contributed by atoms with van der Waals surface area (Å²) in [5.74, 6) is 1.12. The van der Waals surface area contributed by atoms with Gasteiger partial charge in [-0.1, -0.05) is 12.1 Å². The summed E-state index contributed by atoms with van der Waals surface area (Å²) in [5.41, 5.74) is 2.15. The lowest BCUT2D eigenvalue weighted by molar-refractivity contribution is -0.0530. The molecule has 0 bridgehead atoms. The van der Waals surface area contributed by atoms with Crippen molar-refractivity contribution < 1.29 is 9.53 Å². The zero-order valence-corrected chi connectivity index (χ0v) is 13.8. The van der Waals surface area contributed by atoms with E-state index >= 15 is 0 Å². The van der Waals surface area contributed by atoms with Crippen LogP contribution in [-0.2, 0) is 11.2 Å². The molecule has 116 valence electrons. The Morgan fingerprint density at radius 1 is 1.29 bits per heavy atom. The van der Waals surface area contributed by atoms with Crippen molar-refractivity contribution in [1.82, 2.24) is 4.90 Å². The van der Waals surface area contributed by atoms with Crippen molar-refractivity contribution in [1.29, 1.82) is 0 Å². The van der Waals surface area contributed by atoms with E-state index in [2.05, 4.69) is 23.7 Å². The average Bonchev–Trinajstić information content (AvgIpc) is 2.45. The van der Waals surface area contributed by atoms with E-state index in [1.807, 2.05) is 42.6 Å². The highest BCUT2D eigenvalue weighted by molar-refractivity contribution is 7.98. The second kappa shape index (κ2) is 7.71. The normalized spacial score (nSPS) is 22.1. The predicted molar refractivity (Wildman–Crippen MR) is 89.1 cm³/mol. The molecule has 1 saturated heterocycles. The molecule has 2 rings (SSSR count). The maximum absolute atomic E-state index is 12.3. The molecule has 0 radical (unpaired) electrons. The SMILES string of the molecule is CSCCc1ccc(NC(=O)N2CC(C)OC(C)C2)cc1. The number of amides is 2. The minimum Gasteiger partial charge on any atom is -0.372 e. The van der Waals surface area contributed by atoms with Crippen LogP contribution in [0.2, 0.25) is 0 Å². The first kappa shape index (κ1) is 16.2. The van der Waals surface area contributed by atoms with E-state index in [1.165, 1.54) is 5.56 Å². The van der Waals surface area contributed by atoms with E-state index in [1.54, 1.807) is 0 Å². The molecule has 1 heterocycles. The maximum atomic E-state index is 12.3. The van der Waals surface area contributed by atoms with E-state index < -0.39 is 0 Å². The second-order valence-corrected chi connectivity index (χ2v) is 6.52. The van der Waals surface area contributed by atoms with Gasteiger partial charge in [0.15, 0.2) is 0 Å². The third-order valence-corrected chi connectivity index (χ3v) is 4.12. The summed E-state index contributed by atoms with van der Waals surface area (Å²) in [6.07, 6.45) is 3.36. The molecule has 21 heavy (non-hydrogen) atoms. The number of hydrogen-bond donors (Lipinski definition) is 1. The number of nitrogens with one attached hydrogen (secondary N) is 1. The van der Waals surface area contributed by atoms with E-state index in [9.17, 15) is 4.79 Å². The quantitative estimate of drug-likeness (QED) is 0.928. The van der Waals surface area contributed by atoms with Crippen LogP contribution in [0.4, 0.5) is 10.5 Å². The number of carbonyl (C=O) groups is 1. The Morgan fingerprint density at radius 3 is 2.48 bits per heavy atom. The molecule has 0 aromatic heterocycles. The number of rotatable bonds is 4. The molecule has 1 aromatic carbocycles. The molecule has 5 heteroatoms. The van der Waals surface area contributed by atoms with Gasteiger partial charge in [0.1, 0.15) is 0 Å². The number of hydrogen-bond acceptors (Lipinski definition) is 3. The van der Waals surface area contributed by atoms with Crippen LogP contribution in [0.15, 0.2) is 24.3 Å². The molecule has 2 amide bonds. The van der Waals surface area contributed by atoms with Crippen LogP contribution in [0.3, 0.4) is 0 Å². The van der Waals surface area contributed by atoms with Gasteiger partial charge in [0, 0.05) is 18.8 Å². The van der Waals surface area contributed by atoms with Gasteiger partial charge in [-0.25, -0.2) is 4.79 Å². The molecule has 1 aliphatic rings. The van der Waals surface area contributed by atoms with Crippen molar-refractivity contribution >= 4 is 23.5 Å². The van der Waals surface area contributed by atoms with Crippen LogP contribution in [0.5, 0.6) is 0 Å². The highest BCUT2D eigenvalue weighted by Gasteiger charge is 2.25. The number of thioether (sulfide) groups is 1. The fourth-order valence-electron chi connectivity index (χ4n) is 2.52. The molecule has 0 aliphatic carbocycles. The van der Waals surface area contributed by atoms with Gasteiger partial charge in [-0.3, -0.25) is 0 Å². The zero-order chi connectivity index (χ0) is 15.2. The van der Waals surface area contributed by atoms with Crippen LogP contribution >= 0.6 is 11.8 Å². The number of carbonyl (C=O) groups excluding carboxylic acids is 1. The third kappa shape index (κ3) is 4.93. The van der Waals surface area contributed by atoms with Gasteiger partial charge in [-0.2, -0.15) is 11.8 Å². The van der Waals surface area contributed by atoms with Crippen LogP contribution in [0.25, 0.3) is 0 Å². The van der Waals surface area contributed by atoms with Crippen molar-refractivity contribution in [2.75, 3.05) is 30.4 Å². The Morgan fingerprint density at radius 2 is 1.90 bits per heavy atom. The molecule has 2 atom stereocenters. The fourth-order valence-corrected chi connectivity index (χ4v) is 2.96. The smallest absolute Gasteiger partial charge is 0.322 e. The Kier molecular flexibility index (Phi) is 5.94.